The van der Waals surface area contributed by atoms with Gasteiger partial charge in [0.05, 0.1) is 24.5 Å². The van der Waals surface area contributed by atoms with E-state index in [4.69, 9.17) is 4.74 Å². The number of fused-ring (bicyclic) bond motifs is 3. The van der Waals surface area contributed by atoms with Gasteiger partial charge in [0.25, 0.3) is 0 Å². The average molecular weight is 418 g/mol. The number of amides is 1. The summed E-state index contributed by atoms with van der Waals surface area (Å²) < 4.78 is 5.00. The van der Waals surface area contributed by atoms with E-state index in [0.717, 1.165) is 49.0 Å². The van der Waals surface area contributed by atoms with Crippen molar-refractivity contribution < 1.29 is 24.2 Å². The summed E-state index contributed by atoms with van der Waals surface area (Å²) >= 11 is 1.45. The summed E-state index contributed by atoms with van der Waals surface area (Å²) in [4.78, 5) is 38.7. The van der Waals surface area contributed by atoms with Gasteiger partial charge in [0.15, 0.2) is 0 Å². The molecule has 0 aliphatic heterocycles. The van der Waals surface area contributed by atoms with Crippen LogP contribution >= 0.6 is 11.3 Å². The number of esters is 1. The molecule has 4 aliphatic carbocycles. The molecule has 0 saturated heterocycles. The zero-order chi connectivity index (χ0) is 20.7. The molecule has 2 N–H and O–H groups in total. The van der Waals surface area contributed by atoms with E-state index in [1.165, 1.54) is 18.4 Å². The van der Waals surface area contributed by atoms with Gasteiger partial charge in [-0.2, -0.15) is 0 Å². The molecular formula is C22H27NO5S. The standard InChI is InChI=1S/C22H27NO5S/c1-3-11-4-9-14-15(10-11)29-20(18(14)22(27)28-2)23-19(24)16-12-5-7-13(8-6-12)17(16)21(25)26/h5,7,11-13,16-17H,3-4,6,8-10H2,1-2H3,(H,23,24)(H,25,26). The number of carbonyl (C=O) groups excluding carboxylic acids is 2. The maximum Gasteiger partial charge on any atom is 0.341 e. The van der Waals surface area contributed by atoms with Crippen LogP contribution in [0.4, 0.5) is 5.00 Å². The van der Waals surface area contributed by atoms with Crippen molar-refractivity contribution in [2.45, 2.75) is 45.4 Å². The number of hydrogen-bond donors (Lipinski definition) is 2. The van der Waals surface area contributed by atoms with Gasteiger partial charge in [0.2, 0.25) is 5.91 Å². The Kier molecular flexibility index (Phi) is 5.51. The van der Waals surface area contributed by atoms with Gasteiger partial charge in [-0.25, -0.2) is 4.79 Å². The van der Waals surface area contributed by atoms with Gasteiger partial charge in [0, 0.05) is 4.88 Å². The van der Waals surface area contributed by atoms with Crippen molar-refractivity contribution in [3.05, 3.63) is 28.2 Å². The molecule has 7 heteroatoms. The van der Waals surface area contributed by atoms with Crippen molar-refractivity contribution >= 4 is 34.2 Å². The Morgan fingerprint density at radius 2 is 1.86 bits per heavy atom. The number of thiophene rings is 1. The summed E-state index contributed by atoms with van der Waals surface area (Å²) in [6.45, 7) is 2.17. The van der Waals surface area contributed by atoms with Crippen molar-refractivity contribution in [1.29, 1.82) is 0 Å². The van der Waals surface area contributed by atoms with Crippen LogP contribution in [0.3, 0.4) is 0 Å². The third-order valence-electron chi connectivity index (χ3n) is 6.91. The molecule has 29 heavy (non-hydrogen) atoms. The molecular weight excluding hydrogens is 390 g/mol. The highest BCUT2D eigenvalue weighted by Crippen LogP contribution is 2.46. The van der Waals surface area contributed by atoms with Crippen LogP contribution in [0, 0.1) is 29.6 Å². The number of ether oxygens (including phenoxy) is 1. The first-order chi connectivity index (χ1) is 13.9. The summed E-state index contributed by atoms with van der Waals surface area (Å²) in [7, 11) is 1.35. The number of carboxylic acid groups (broad SMARTS) is 1. The molecule has 1 aromatic rings. The molecule has 1 saturated carbocycles. The maximum atomic E-state index is 13.2. The van der Waals surface area contributed by atoms with Crippen LogP contribution in [0.1, 0.15) is 53.4 Å². The molecule has 1 fully saturated rings. The Morgan fingerprint density at radius 3 is 2.45 bits per heavy atom. The highest BCUT2D eigenvalue weighted by atomic mass is 32.1. The second-order valence-electron chi connectivity index (χ2n) is 8.39. The summed E-state index contributed by atoms with van der Waals surface area (Å²) in [6, 6.07) is 0. The van der Waals surface area contributed by atoms with Crippen molar-refractivity contribution in [3.8, 4) is 0 Å². The quantitative estimate of drug-likeness (QED) is 0.560. The predicted octanol–water partition coefficient (Wildman–Crippen LogP) is 3.90. The molecule has 5 atom stereocenters. The minimum Gasteiger partial charge on any atom is -0.481 e. The van der Waals surface area contributed by atoms with Gasteiger partial charge in [-0.1, -0.05) is 25.5 Å². The van der Waals surface area contributed by atoms with Gasteiger partial charge in [-0.05, 0) is 55.4 Å². The van der Waals surface area contributed by atoms with Crippen molar-refractivity contribution in [1.82, 2.24) is 0 Å². The molecule has 0 radical (unpaired) electrons. The van der Waals surface area contributed by atoms with Gasteiger partial charge >= 0.3 is 11.9 Å². The monoisotopic (exact) mass is 417 g/mol. The van der Waals surface area contributed by atoms with Crippen LogP contribution in [0.2, 0.25) is 0 Å². The zero-order valence-electron chi connectivity index (χ0n) is 16.8. The normalized spacial score (nSPS) is 29.9. The lowest BCUT2D eigenvalue weighted by atomic mass is 9.62. The second-order valence-corrected chi connectivity index (χ2v) is 9.49. The fraction of sp³-hybridized carbons (Fsp3) is 0.591. The third-order valence-corrected chi connectivity index (χ3v) is 8.08. The van der Waals surface area contributed by atoms with Crippen molar-refractivity contribution in [3.63, 3.8) is 0 Å². The van der Waals surface area contributed by atoms with E-state index >= 15 is 0 Å². The maximum absolute atomic E-state index is 13.2. The number of aliphatic carboxylic acids is 1. The minimum atomic E-state index is -0.923. The predicted molar refractivity (Wildman–Crippen MR) is 110 cm³/mol. The fourth-order valence-electron chi connectivity index (χ4n) is 5.29. The molecule has 1 amide bonds. The van der Waals surface area contributed by atoms with E-state index < -0.39 is 23.8 Å². The third kappa shape index (κ3) is 3.50. The SMILES string of the molecule is CCC1CCc2c(sc(NC(=O)C3C4C=CC(CC4)C3C(=O)O)c2C(=O)OC)C1. The Labute approximate surface area is 174 Å². The lowest BCUT2D eigenvalue weighted by Gasteiger charge is -2.41. The average Bonchev–Trinajstić information content (AvgIpc) is 3.09. The molecule has 1 heterocycles. The number of methoxy groups -OCH3 is 1. The Morgan fingerprint density at radius 1 is 1.17 bits per heavy atom. The number of anilines is 1. The zero-order valence-corrected chi connectivity index (χ0v) is 17.6. The number of carbonyl (C=O) groups is 3. The van der Waals surface area contributed by atoms with Crippen LogP contribution in [-0.4, -0.2) is 30.1 Å². The summed E-state index contributed by atoms with van der Waals surface area (Å²) in [5.74, 6) is -2.56. The topological polar surface area (TPSA) is 92.7 Å². The Hall–Kier alpha value is -2.15. The molecule has 156 valence electrons. The summed E-state index contributed by atoms with van der Waals surface area (Å²) in [5.41, 5.74) is 1.44. The van der Waals surface area contributed by atoms with E-state index in [0.29, 0.717) is 16.5 Å². The first-order valence-electron chi connectivity index (χ1n) is 10.4. The molecule has 1 aromatic heterocycles. The van der Waals surface area contributed by atoms with E-state index in [1.54, 1.807) is 0 Å². The molecule has 0 aromatic carbocycles. The molecule has 4 aliphatic rings. The summed E-state index contributed by atoms with van der Waals surface area (Å²) in [6.07, 6.45) is 9.40. The smallest absolute Gasteiger partial charge is 0.341 e. The second kappa shape index (κ2) is 7.94. The molecule has 6 nitrogen and oxygen atoms in total. The number of carboxylic acids is 1. The van der Waals surface area contributed by atoms with E-state index in [2.05, 4.69) is 12.2 Å². The van der Waals surface area contributed by atoms with Crippen LogP contribution in [0.5, 0.6) is 0 Å². The van der Waals surface area contributed by atoms with Crippen LogP contribution in [0.15, 0.2) is 12.2 Å². The largest absolute Gasteiger partial charge is 0.481 e. The van der Waals surface area contributed by atoms with Crippen molar-refractivity contribution in [2.75, 3.05) is 12.4 Å². The highest BCUT2D eigenvalue weighted by Gasteiger charge is 2.48. The van der Waals surface area contributed by atoms with Crippen LogP contribution in [-0.2, 0) is 27.2 Å². The molecule has 5 unspecified atom stereocenters. The Bertz CT molecular complexity index is 873. The van der Waals surface area contributed by atoms with Crippen LogP contribution < -0.4 is 5.32 Å². The van der Waals surface area contributed by atoms with Gasteiger partial charge in [0.1, 0.15) is 5.00 Å². The molecule has 5 rings (SSSR count). The Balaban J connectivity index is 1.64. The lowest BCUT2D eigenvalue weighted by molar-refractivity contribution is -0.151. The minimum absolute atomic E-state index is 0.0678. The highest BCUT2D eigenvalue weighted by molar-refractivity contribution is 7.17. The molecule has 2 bridgehead atoms. The van der Waals surface area contributed by atoms with E-state index in [9.17, 15) is 19.5 Å². The van der Waals surface area contributed by atoms with Crippen molar-refractivity contribution in [2.24, 2.45) is 29.6 Å². The molecule has 0 spiro atoms. The fourth-order valence-corrected chi connectivity index (χ4v) is 6.65. The van der Waals surface area contributed by atoms with Gasteiger partial charge in [-0.15, -0.1) is 11.3 Å². The lowest BCUT2D eigenvalue weighted by Crippen LogP contribution is -2.47. The first-order valence-corrected chi connectivity index (χ1v) is 11.2. The number of rotatable bonds is 5. The first kappa shape index (κ1) is 20.1. The van der Waals surface area contributed by atoms with E-state index in [1.807, 2.05) is 12.2 Å². The number of allylic oxidation sites excluding steroid dienone is 2. The summed E-state index contributed by atoms with van der Waals surface area (Å²) in [5, 5.41) is 13.2. The van der Waals surface area contributed by atoms with E-state index in [-0.39, 0.29) is 17.7 Å². The number of nitrogens with one attached hydrogen (secondary N) is 1. The number of hydrogen-bond acceptors (Lipinski definition) is 5. The van der Waals surface area contributed by atoms with Crippen LogP contribution in [0.25, 0.3) is 0 Å². The van der Waals surface area contributed by atoms with Gasteiger partial charge < -0.3 is 15.2 Å². The van der Waals surface area contributed by atoms with Gasteiger partial charge in [-0.3, -0.25) is 9.59 Å².